The van der Waals surface area contributed by atoms with Crippen LogP contribution in [0, 0.1) is 11.7 Å². The Balaban J connectivity index is 0.000000261. The van der Waals surface area contributed by atoms with Crippen LogP contribution in [0.15, 0.2) is 42.5 Å². The smallest absolute Gasteiger partial charge is 0.392 e. The minimum absolute atomic E-state index is 0.0131. The lowest BCUT2D eigenvalue weighted by molar-refractivity contribution is -0.143. The molecular weight excluding hydrogens is 493 g/mol. The number of carbonyl (C=O) groups excluding carboxylic acids is 1. The van der Waals surface area contributed by atoms with Crippen LogP contribution in [-0.4, -0.2) is 36.7 Å². The van der Waals surface area contributed by atoms with Gasteiger partial charge in [-0.2, -0.15) is 26.3 Å². The van der Waals surface area contributed by atoms with Gasteiger partial charge in [0.1, 0.15) is 5.82 Å². The summed E-state index contributed by atoms with van der Waals surface area (Å²) in [6.07, 6.45) is -5.16. The normalized spacial score (nSPS) is 18.2. The maximum atomic E-state index is 13.0. The summed E-state index contributed by atoms with van der Waals surface area (Å²) in [6, 6.07) is 7.80. The van der Waals surface area contributed by atoms with E-state index in [1.165, 1.54) is 30.5 Å². The van der Waals surface area contributed by atoms with Crippen molar-refractivity contribution in [2.45, 2.75) is 50.6 Å². The largest absolute Gasteiger partial charge is 0.416 e. The lowest BCUT2D eigenvalue weighted by atomic mass is 9.78. The summed E-state index contributed by atoms with van der Waals surface area (Å²) < 4.78 is 86.3. The van der Waals surface area contributed by atoms with Gasteiger partial charge in [-0.1, -0.05) is 18.6 Å². The van der Waals surface area contributed by atoms with Crippen molar-refractivity contribution < 1.29 is 40.6 Å². The molecule has 2 aromatic carbocycles. The molecule has 0 bridgehead atoms. The van der Waals surface area contributed by atoms with Gasteiger partial charge in [0.2, 0.25) is 0 Å². The topological polar surface area (TPSA) is 52.6 Å². The van der Waals surface area contributed by atoms with Crippen LogP contribution in [-0.2, 0) is 19.0 Å². The van der Waals surface area contributed by atoms with Crippen LogP contribution < -0.4 is 5.32 Å². The Hall–Kier alpha value is -2.82. The Labute approximate surface area is 205 Å². The summed E-state index contributed by atoms with van der Waals surface area (Å²) in [5.74, 6) is 0.842. The van der Waals surface area contributed by atoms with Crippen molar-refractivity contribution in [3.05, 3.63) is 70.5 Å². The van der Waals surface area contributed by atoms with Crippen LogP contribution in [0.25, 0.3) is 0 Å². The molecule has 36 heavy (non-hydrogen) atoms. The number of nitrogens with zero attached hydrogens (tertiary/aromatic N) is 1. The van der Waals surface area contributed by atoms with Crippen molar-refractivity contribution in [3.8, 4) is 0 Å². The fourth-order valence-electron chi connectivity index (χ4n) is 4.27. The lowest BCUT2D eigenvalue weighted by Crippen LogP contribution is -2.38. The summed E-state index contributed by atoms with van der Waals surface area (Å²) in [7, 11) is 3.49. The van der Waals surface area contributed by atoms with E-state index in [9.17, 15) is 35.5 Å². The minimum Gasteiger partial charge on any atom is -0.392 e. The first-order valence-electron chi connectivity index (χ1n) is 11.3. The molecule has 1 fully saturated rings. The van der Waals surface area contributed by atoms with Gasteiger partial charge in [0.15, 0.2) is 0 Å². The lowest BCUT2D eigenvalue weighted by Gasteiger charge is -2.32. The first-order valence-corrected chi connectivity index (χ1v) is 11.3. The quantitative estimate of drug-likeness (QED) is 0.446. The van der Waals surface area contributed by atoms with Gasteiger partial charge in [-0.15, -0.1) is 0 Å². The third kappa shape index (κ3) is 8.69. The maximum Gasteiger partial charge on any atom is 0.416 e. The van der Waals surface area contributed by atoms with Crippen molar-refractivity contribution in [3.63, 3.8) is 0 Å². The Kier molecular flexibility index (Phi) is 10.2. The van der Waals surface area contributed by atoms with Gasteiger partial charge in [0.05, 0.1) is 17.7 Å². The van der Waals surface area contributed by atoms with E-state index in [0.717, 1.165) is 19.4 Å². The summed E-state index contributed by atoms with van der Waals surface area (Å²) in [6.45, 7) is -0.0929. The van der Waals surface area contributed by atoms with Gasteiger partial charge in [0.25, 0.3) is 0 Å². The maximum absolute atomic E-state index is 13.0. The number of carbonyl (C=O) groups is 1. The summed E-state index contributed by atoms with van der Waals surface area (Å²) in [5, 5.41) is 11.2. The second kappa shape index (κ2) is 12.4. The number of halogens is 7. The number of aliphatic hydroxyl groups is 1. The van der Waals surface area contributed by atoms with E-state index in [-0.39, 0.29) is 17.9 Å². The molecule has 0 radical (unpaired) electrons. The predicted molar refractivity (Wildman–Crippen MR) is 121 cm³/mol. The van der Waals surface area contributed by atoms with Gasteiger partial charge in [-0.3, -0.25) is 0 Å². The highest BCUT2D eigenvalue weighted by atomic mass is 19.4. The van der Waals surface area contributed by atoms with E-state index in [2.05, 4.69) is 5.32 Å². The van der Waals surface area contributed by atoms with E-state index in [0.29, 0.717) is 24.0 Å². The third-order valence-electron chi connectivity index (χ3n) is 6.05. The van der Waals surface area contributed by atoms with Crippen molar-refractivity contribution in [1.82, 2.24) is 10.2 Å². The molecule has 2 N–H and O–H groups in total. The minimum atomic E-state index is -4.87. The van der Waals surface area contributed by atoms with Crippen LogP contribution in [0.1, 0.15) is 53.9 Å². The zero-order valence-corrected chi connectivity index (χ0v) is 19.9. The van der Waals surface area contributed by atoms with Gasteiger partial charge in [-0.05, 0) is 72.6 Å². The standard InChI is InChI=1S/C16H23FN2O.C9H6F6O/c1-18-16(20)19(2)11-12-4-3-5-14(10-12)13-6-8-15(17)9-7-13;10-8(11,12)6-1-5(4-16)2-7(3-6)9(13,14)15/h6-9,12,14H,3-5,10-11H2,1-2H3,(H,18,20);1-3,16H,4H2. The fraction of sp³-hybridized carbons (Fsp3) is 0.480. The Bertz CT molecular complexity index is 959. The molecule has 0 heterocycles. The van der Waals surface area contributed by atoms with Crippen LogP contribution >= 0.6 is 0 Å². The van der Waals surface area contributed by atoms with Crippen LogP contribution in [0.5, 0.6) is 0 Å². The molecule has 1 saturated carbocycles. The second-order valence-electron chi connectivity index (χ2n) is 8.79. The number of hydrogen-bond acceptors (Lipinski definition) is 2. The summed E-state index contributed by atoms with van der Waals surface area (Å²) >= 11 is 0. The number of benzene rings is 2. The molecule has 0 saturated heterocycles. The second-order valence-corrected chi connectivity index (χ2v) is 8.79. The molecule has 2 unspecified atom stereocenters. The molecule has 4 nitrogen and oxygen atoms in total. The first-order chi connectivity index (χ1) is 16.7. The van der Waals surface area contributed by atoms with E-state index in [1.807, 2.05) is 19.2 Å². The Morgan fingerprint density at radius 1 is 1.00 bits per heavy atom. The van der Waals surface area contributed by atoms with E-state index in [1.54, 1.807) is 11.9 Å². The SMILES string of the molecule is CNC(=O)N(C)CC1CCCC(c2ccc(F)cc2)C1.OCc1cc(C(F)(F)F)cc(C(F)(F)F)c1. The van der Waals surface area contributed by atoms with Gasteiger partial charge in [0, 0.05) is 20.6 Å². The average Bonchev–Trinajstić information content (AvgIpc) is 2.83. The predicted octanol–water partition coefficient (Wildman–Crippen LogP) is 6.59. The molecule has 3 rings (SSSR count). The van der Waals surface area contributed by atoms with Crippen LogP contribution in [0.4, 0.5) is 35.5 Å². The number of aliphatic hydroxyl groups excluding tert-OH is 1. The molecular formula is C25H29F7N2O2. The number of hydrogen-bond donors (Lipinski definition) is 2. The van der Waals surface area contributed by atoms with E-state index in [4.69, 9.17) is 5.11 Å². The van der Waals surface area contributed by atoms with Gasteiger partial charge < -0.3 is 15.3 Å². The average molecular weight is 523 g/mol. The van der Waals surface area contributed by atoms with Crippen molar-refractivity contribution in [2.24, 2.45) is 5.92 Å². The molecule has 0 spiro atoms. The van der Waals surface area contributed by atoms with Crippen molar-refractivity contribution >= 4 is 6.03 Å². The monoisotopic (exact) mass is 522 g/mol. The molecule has 2 atom stereocenters. The molecule has 0 aliphatic heterocycles. The van der Waals surface area contributed by atoms with Gasteiger partial charge in [-0.25, -0.2) is 9.18 Å². The highest BCUT2D eigenvalue weighted by Crippen LogP contribution is 2.37. The number of alkyl halides is 6. The first kappa shape index (κ1) is 29.4. The Morgan fingerprint density at radius 3 is 2.03 bits per heavy atom. The highest BCUT2D eigenvalue weighted by molar-refractivity contribution is 5.73. The fourth-order valence-corrected chi connectivity index (χ4v) is 4.27. The molecule has 1 aliphatic carbocycles. The number of nitrogens with one attached hydrogen (secondary N) is 1. The zero-order valence-electron chi connectivity index (χ0n) is 19.9. The zero-order chi connectivity index (χ0) is 27.1. The Morgan fingerprint density at radius 2 is 1.56 bits per heavy atom. The summed E-state index contributed by atoms with van der Waals surface area (Å²) in [5.41, 5.74) is -2.06. The molecule has 2 amide bonds. The summed E-state index contributed by atoms with van der Waals surface area (Å²) in [4.78, 5) is 13.3. The molecule has 200 valence electrons. The molecule has 1 aliphatic rings. The molecule has 2 aromatic rings. The highest BCUT2D eigenvalue weighted by Gasteiger charge is 2.36. The van der Waals surface area contributed by atoms with Crippen LogP contribution in [0.2, 0.25) is 0 Å². The van der Waals surface area contributed by atoms with E-state index >= 15 is 0 Å². The van der Waals surface area contributed by atoms with Crippen molar-refractivity contribution in [1.29, 1.82) is 0 Å². The molecule has 11 heteroatoms. The van der Waals surface area contributed by atoms with Gasteiger partial charge >= 0.3 is 18.4 Å². The number of amides is 2. The van der Waals surface area contributed by atoms with E-state index < -0.39 is 35.6 Å². The molecule has 0 aromatic heterocycles. The number of rotatable bonds is 4. The number of urea groups is 1. The third-order valence-corrected chi connectivity index (χ3v) is 6.05. The van der Waals surface area contributed by atoms with Crippen molar-refractivity contribution in [2.75, 3.05) is 20.6 Å². The van der Waals surface area contributed by atoms with Crippen LogP contribution in [0.3, 0.4) is 0 Å².